The molecule has 1 fully saturated rings. The quantitative estimate of drug-likeness (QED) is 0.453. The Bertz CT molecular complexity index is 680. The Morgan fingerprint density at radius 1 is 1.43 bits per heavy atom. The molecular formula is C16H19ClFIN2. The van der Waals surface area contributed by atoms with E-state index in [4.69, 9.17) is 11.6 Å². The third-order valence-electron chi connectivity index (χ3n) is 4.69. The molecule has 114 valence electrons. The summed E-state index contributed by atoms with van der Waals surface area (Å²) in [5.74, 6) is 1.03. The smallest absolute Gasteiger partial charge is 0.138 e. The molecular weight excluding hydrogens is 402 g/mol. The first-order valence-electron chi connectivity index (χ1n) is 7.36. The van der Waals surface area contributed by atoms with Crippen LogP contribution in [0.15, 0.2) is 12.1 Å². The summed E-state index contributed by atoms with van der Waals surface area (Å²) in [4.78, 5) is 4.63. The van der Waals surface area contributed by atoms with Crippen molar-refractivity contribution in [3.63, 3.8) is 0 Å². The maximum atomic E-state index is 14.0. The first-order chi connectivity index (χ1) is 9.94. The van der Waals surface area contributed by atoms with E-state index in [-0.39, 0.29) is 11.2 Å². The Hall–Kier alpha value is -0.360. The summed E-state index contributed by atoms with van der Waals surface area (Å²) in [7, 11) is 0. The van der Waals surface area contributed by atoms with E-state index < -0.39 is 0 Å². The van der Waals surface area contributed by atoms with Crippen LogP contribution in [0.3, 0.4) is 0 Å². The number of rotatable bonds is 2. The topological polar surface area (TPSA) is 17.8 Å². The normalized spacial score (nSPS) is 21.9. The molecule has 1 aliphatic carbocycles. The molecule has 1 unspecified atom stereocenters. The van der Waals surface area contributed by atoms with Crippen molar-refractivity contribution in [3.05, 3.63) is 27.3 Å². The number of halogens is 3. The molecule has 1 aromatic heterocycles. The van der Waals surface area contributed by atoms with E-state index in [0.717, 1.165) is 23.3 Å². The van der Waals surface area contributed by atoms with Crippen molar-refractivity contribution in [1.82, 2.24) is 9.55 Å². The van der Waals surface area contributed by atoms with Gasteiger partial charge in [-0.05, 0) is 46.9 Å². The van der Waals surface area contributed by atoms with Gasteiger partial charge in [-0.3, -0.25) is 0 Å². The predicted molar refractivity (Wildman–Crippen MR) is 93.3 cm³/mol. The summed E-state index contributed by atoms with van der Waals surface area (Å²) in [6.07, 6.45) is 4.77. The summed E-state index contributed by atoms with van der Waals surface area (Å²) in [5.41, 5.74) is 1.91. The van der Waals surface area contributed by atoms with E-state index in [9.17, 15) is 4.39 Å². The van der Waals surface area contributed by atoms with Crippen LogP contribution in [0.1, 0.15) is 51.4 Å². The zero-order chi connectivity index (χ0) is 15.2. The zero-order valence-corrected chi connectivity index (χ0v) is 15.2. The largest absolute Gasteiger partial charge is 0.323 e. The molecule has 0 aliphatic heterocycles. The summed E-state index contributed by atoms with van der Waals surface area (Å²) in [6.45, 7) is 4.59. The van der Waals surface area contributed by atoms with Crippen LogP contribution in [0.4, 0.5) is 4.39 Å². The molecule has 5 heteroatoms. The summed E-state index contributed by atoms with van der Waals surface area (Å²) < 4.78 is 16.8. The maximum Gasteiger partial charge on any atom is 0.138 e. The third-order valence-corrected chi connectivity index (χ3v) is 5.75. The van der Waals surface area contributed by atoms with Crippen molar-refractivity contribution in [2.45, 2.75) is 51.5 Å². The summed E-state index contributed by atoms with van der Waals surface area (Å²) in [6, 6.07) is 3.77. The second-order valence-corrected chi connectivity index (χ2v) is 7.97. The molecule has 1 saturated carbocycles. The highest BCUT2D eigenvalue weighted by molar-refractivity contribution is 14.1. The Morgan fingerprint density at radius 3 is 2.86 bits per heavy atom. The number of benzene rings is 1. The SMILES string of the molecule is CC1(C)CCCCC1n1c(CCl)nc2cc(I)c(F)cc21. The highest BCUT2D eigenvalue weighted by Gasteiger charge is 2.35. The van der Waals surface area contributed by atoms with Gasteiger partial charge in [0.2, 0.25) is 0 Å². The minimum Gasteiger partial charge on any atom is -0.323 e. The van der Waals surface area contributed by atoms with Gasteiger partial charge in [0.25, 0.3) is 0 Å². The van der Waals surface area contributed by atoms with Crippen molar-refractivity contribution in [3.8, 4) is 0 Å². The molecule has 1 atom stereocenters. The van der Waals surface area contributed by atoms with E-state index in [0.29, 0.717) is 15.5 Å². The Kier molecular flexibility index (Phi) is 4.21. The van der Waals surface area contributed by atoms with Gasteiger partial charge in [0.1, 0.15) is 11.6 Å². The number of hydrogen-bond donors (Lipinski definition) is 0. The van der Waals surface area contributed by atoms with Crippen LogP contribution in [-0.2, 0) is 5.88 Å². The minimum absolute atomic E-state index is 0.181. The van der Waals surface area contributed by atoms with Crippen LogP contribution in [0.5, 0.6) is 0 Å². The summed E-state index contributed by atoms with van der Waals surface area (Å²) in [5, 5.41) is 0. The van der Waals surface area contributed by atoms with Crippen LogP contribution in [0.2, 0.25) is 0 Å². The van der Waals surface area contributed by atoms with E-state index in [1.807, 2.05) is 28.7 Å². The monoisotopic (exact) mass is 420 g/mol. The fourth-order valence-electron chi connectivity index (χ4n) is 3.54. The lowest BCUT2D eigenvalue weighted by Gasteiger charge is -2.40. The third kappa shape index (κ3) is 2.69. The standard InChI is InChI=1S/C16H19ClFIN2/c1-16(2)6-4-3-5-14(16)21-13-7-10(18)11(19)8-12(13)20-15(21)9-17/h7-8,14H,3-6,9H2,1-2H3. The highest BCUT2D eigenvalue weighted by Crippen LogP contribution is 2.45. The molecule has 1 aromatic carbocycles. The van der Waals surface area contributed by atoms with Crippen LogP contribution in [0, 0.1) is 14.8 Å². The van der Waals surface area contributed by atoms with Crippen LogP contribution < -0.4 is 0 Å². The minimum atomic E-state index is -0.181. The first-order valence-corrected chi connectivity index (χ1v) is 8.97. The molecule has 1 aliphatic rings. The number of aromatic nitrogens is 2. The van der Waals surface area contributed by atoms with Crippen molar-refractivity contribution >= 4 is 45.2 Å². The molecule has 21 heavy (non-hydrogen) atoms. The Labute approximate surface area is 143 Å². The lowest BCUT2D eigenvalue weighted by atomic mass is 9.73. The fourth-order valence-corrected chi connectivity index (χ4v) is 4.18. The summed E-state index contributed by atoms with van der Waals surface area (Å²) >= 11 is 8.13. The molecule has 1 heterocycles. The average molecular weight is 421 g/mol. The van der Waals surface area contributed by atoms with Gasteiger partial charge >= 0.3 is 0 Å². The van der Waals surface area contributed by atoms with Crippen molar-refractivity contribution < 1.29 is 4.39 Å². The molecule has 0 N–H and O–H groups in total. The van der Waals surface area contributed by atoms with Gasteiger partial charge in [-0.1, -0.05) is 26.7 Å². The zero-order valence-electron chi connectivity index (χ0n) is 12.3. The van der Waals surface area contributed by atoms with Gasteiger partial charge in [0, 0.05) is 12.1 Å². The van der Waals surface area contributed by atoms with E-state index in [2.05, 4.69) is 23.4 Å². The number of hydrogen-bond acceptors (Lipinski definition) is 1. The van der Waals surface area contributed by atoms with Crippen LogP contribution in [-0.4, -0.2) is 9.55 Å². The second kappa shape index (κ2) is 5.69. The Balaban J connectivity index is 2.22. The molecule has 0 bridgehead atoms. The van der Waals surface area contributed by atoms with Gasteiger partial charge in [-0.25, -0.2) is 9.37 Å². The van der Waals surface area contributed by atoms with Gasteiger partial charge in [-0.2, -0.15) is 0 Å². The molecule has 2 aromatic rings. The van der Waals surface area contributed by atoms with Gasteiger partial charge in [0.05, 0.1) is 20.5 Å². The fraction of sp³-hybridized carbons (Fsp3) is 0.562. The lowest BCUT2D eigenvalue weighted by molar-refractivity contribution is 0.145. The number of alkyl halides is 1. The van der Waals surface area contributed by atoms with Crippen molar-refractivity contribution in [2.24, 2.45) is 5.41 Å². The molecule has 0 radical (unpaired) electrons. The second-order valence-electron chi connectivity index (χ2n) is 6.54. The first kappa shape index (κ1) is 15.5. The van der Waals surface area contributed by atoms with Crippen molar-refractivity contribution in [1.29, 1.82) is 0 Å². The predicted octanol–water partition coefficient (Wildman–Crippen LogP) is 5.66. The van der Waals surface area contributed by atoms with Crippen LogP contribution >= 0.6 is 34.2 Å². The van der Waals surface area contributed by atoms with E-state index in [1.165, 1.54) is 19.3 Å². The average Bonchev–Trinajstić information content (AvgIpc) is 2.76. The molecule has 2 nitrogen and oxygen atoms in total. The van der Waals surface area contributed by atoms with Gasteiger partial charge < -0.3 is 4.57 Å². The highest BCUT2D eigenvalue weighted by atomic mass is 127. The molecule has 0 saturated heterocycles. The van der Waals surface area contributed by atoms with Crippen molar-refractivity contribution in [2.75, 3.05) is 0 Å². The Morgan fingerprint density at radius 2 is 2.19 bits per heavy atom. The van der Waals surface area contributed by atoms with Gasteiger partial charge in [-0.15, -0.1) is 11.6 Å². The van der Waals surface area contributed by atoms with Crippen LogP contribution in [0.25, 0.3) is 11.0 Å². The van der Waals surface area contributed by atoms with E-state index in [1.54, 1.807) is 6.07 Å². The lowest BCUT2D eigenvalue weighted by Crippen LogP contribution is -2.31. The number of nitrogens with zero attached hydrogens (tertiary/aromatic N) is 2. The molecule has 3 rings (SSSR count). The van der Waals surface area contributed by atoms with Gasteiger partial charge in [0.15, 0.2) is 0 Å². The molecule has 0 amide bonds. The van der Waals surface area contributed by atoms with E-state index >= 15 is 0 Å². The number of imidazole rings is 1. The molecule has 0 spiro atoms. The number of fused-ring (bicyclic) bond motifs is 1. The maximum absolute atomic E-state index is 14.0.